The van der Waals surface area contributed by atoms with Crippen LogP contribution in [0.5, 0.6) is 5.75 Å². The number of ether oxygens (including phenoxy) is 1. The van der Waals surface area contributed by atoms with Crippen LogP contribution >= 0.6 is 0 Å². The number of rotatable bonds is 5. The van der Waals surface area contributed by atoms with E-state index in [1.807, 2.05) is 24.3 Å². The molecule has 0 radical (unpaired) electrons. The van der Waals surface area contributed by atoms with Gasteiger partial charge in [-0.2, -0.15) is 0 Å². The average molecular weight is 298 g/mol. The van der Waals surface area contributed by atoms with Gasteiger partial charge < -0.3 is 15.0 Å². The van der Waals surface area contributed by atoms with Gasteiger partial charge in [-0.15, -0.1) is 0 Å². The Bertz CT molecular complexity index is 523. The van der Waals surface area contributed by atoms with Gasteiger partial charge in [-0.3, -0.25) is 0 Å². The third-order valence-corrected chi connectivity index (χ3v) is 4.17. The summed E-state index contributed by atoms with van der Waals surface area (Å²) in [5, 5.41) is 3.37. The number of para-hydroxylation sites is 2. The van der Waals surface area contributed by atoms with Gasteiger partial charge >= 0.3 is 0 Å². The maximum atomic E-state index is 11.2. The molecule has 1 saturated heterocycles. The van der Waals surface area contributed by atoms with Gasteiger partial charge in [0.2, 0.25) is 0 Å². The number of anilines is 1. The third-order valence-electron chi connectivity index (χ3n) is 3.26. The number of sulfone groups is 1. The van der Waals surface area contributed by atoms with Crippen molar-refractivity contribution in [3.63, 3.8) is 0 Å². The highest BCUT2D eigenvalue weighted by Gasteiger charge is 2.14. The predicted octanol–water partition coefficient (Wildman–Crippen LogP) is 0.910. The monoisotopic (exact) mass is 298 g/mol. The molecule has 6 heteroatoms. The first kappa shape index (κ1) is 15.1. The summed E-state index contributed by atoms with van der Waals surface area (Å²) < 4.78 is 28.0. The minimum Gasteiger partial charge on any atom is -0.490 e. The fraction of sp³-hybridized carbons (Fsp3) is 0.571. The summed E-state index contributed by atoms with van der Waals surface area (Å²) in [7, 11) is -2.99. The molecule has 112 valence electrons. The molecule has 20 heavy (non-hydrogen) atoms. The SMILES string of the molecule is CS(=O)(=O)CCOc1ccccc1N1CCCNCC1. The Labute approximate surface area is 120 Å². The Morgan fingerprint density at radius 1 is 1.25 bits per heavy atom. The van der Waals surface area contributed by atoms with Crippen molar-refractivity contribution in [2.24, 2.45) is 0 Å². The Morgan fingerprint density at radius 3 is 2.85 bits per heavy atom. The van der Waals surface area contributed by atoms with Crippen LogP contribution in [0.3, 0.4) is 0 Å². The Balaban J connectivity index is 2.05. The summed E-state index contributed by atoms with van der Waals surface area (Å²) in [4.78, 5) is 2.29. The molecule has 1 aromatic carbocycles. The van der Waals surface area contributed by atoms with Crippen molar-refractivity contribution in [3.8, 4) is 5.75 Å². The molecule has 5 nitrogen and oxygen atoms in total. The van der Waals surface area contributed by atoms with Crippen molar-refractivity contribution in [3.05, 3.63) is 24.3 Å². The van der Waals surface area contributed by atoms with Crippen molar-refractivity contribution in [2.45, 2.75) is 6.42 Å². The molecule has 0 unspecified atom stereocenters. The van der Waals surface area contributed by atoms with Gasteiger partial charge in [0.25, 0.3) is 0 Å². The largest absolute Gasteiger partial charge is 0.490 e. The van der Waals surface area contributed by atoms with Crippen LogP contribution in [0.4, 0.5) is 5.69 Å². The van der Waals surface area contributed by atoms with Crippen molar-refractivity contribution in [1.29, 1.82) is 0 Å². The lowest BCUT2D eigenvalue weighted by molar-refractivity contribution is 0.341. The van der Waals surface area contributed by atoms with E-state index in [4.69, 9.17) is 4.74 Å². The number of hydrogen-bond acceptors (Lipinski definition) is 5. The lowest BCUT2D eigenvalue weighted by Gasteiger charge is -2.24. The van der Waals surface area contributed by atoms with Crippen molar-refractivity contribution < 1.29 is 13.2 Å². The third kappa shape index (κ3) is 4.68. The van der Waals surface area contributed by atoms with Gasteiger partial charge in [0.05, 0.1) is 11.4 Å². The summed E-state index contributed by atoms with van der Waals surface area (Å²) in [5.41, 5.74) is 1.05. The van der Waals surface area contributed by atoms with Gasteiger partial charge in [0.1, 0.15) is 12.4 Å². The first-order valence-electron chi connectivity index (χ1n) is 6.91. The van der Waals surface area contributed by atoms with E-state index < -0.39 is 9.84 Å². The zero-order valence-corrected chi connectivity index (χ0v) is 12.7. The minimum atomic E-state index is -2.99. The van der Waals surface area contributed by atoms with Crippen LogP contribution in [-0.4, -0.2) is 53.2 Å². The van der Waals surface area contributed by atoms with E-state index in [2.05, 4.69) is 10.2 Å². The molecule has 0 bridgehead atoms. The first-order valence-corrected chi connectivity index (χ1v) is 8.97. The van der Waals surface area contributed by atoms with E-state index in [0.717, 1.165) is 44.0 Å². The molecule has 1 N–H and O–H groups in total. The second-order valence-electron chi connectivity index (χ2n) is 5.04. The number of nitrogens with one attached hydrogen (secondary N) is 1. The van der Waals surface area contributed by atoms with E-state index in [-0.39, 0.29) is 12.4 Å². The molecule has 1 heterocycles. The highest BCUT2D eigenvalue weighted by molar-refractivity contribution is 7.90. The Hall–Kier alpha value is -1.27. The molecule has 0 amide bonds. The van der Waals surface area contributed by atoms with Gasteiger partial charge in [-0.05, 0) is 25.1 Å². The molecule has 0 aliphatic carbocycles. The van der Waals surface area contributed by atoms with Gasteiger partial charge in [0, 0.05) is 25.9 Å². The zero-order chi connectivity index (χ0) is 14.4. The lowest BCUT2D eigenvalue weighted by Crippen LogP contribution is -2.28. The zero-order valence-electron chi connectivity index (χ0n) is 11.8. The Kier molecular flexibility index (Phi) is 5.25. The van der Waals surface area contributed by atoms with E-state index in [1.165, 1.54) is 6.26 Å². The highest BCUT2D eigenvalue weighted by atomic mass is 32.2. The molecule has 1 fully saturated rings. The van der Waals surface area contributed by atoms with Crippen molar-refractivity contribution in [1.82, 2.24) is 5.32 Å². The van der Waals surface area contributed by atoms with Crippen LogP contribution in [0, 0.1) is 0 Å². The van der Waals surface area contributed by atoms with Crippen molar-refractivity contribution >= 4 is 15.5 Å². The molecule has 1 aliphatic heterocycles. The van der Waals surface area contributed by atoms with Crippen LogP contribution in [0.15, 0.2) is 24.3 Å². The van der Waals surface area contributed by atoms with Crippen LogP contribution in [0.25, 0.3) is 0 Å². The van der Waals surface area contributed by atoms with Crippen LogP contribution in [0.2, 0.25) is 0 Å². The normalized spacial score (nSPS) is 16.8. The standard InChI is InChI=1S/C14H22N2O3S/c1-20(17,18)12-11-19-14-6-3-2-5-13(14)16-9-4-7-15-8-10-16/h2-3,5-6,15H,4,7-12H2,1H3. The molecule has 0 aromatic heterocycles. The van der Waals surface area contributed by atoms with Crippen LogP contribution < -0.4 is 15.0 Å². The van der Waals surface area contributed by atoms with E-state index in [9.17, 15) is 8.42 Å². The van der Waals surface area contributed by atoms with E-state index >= 15 is 0 Å². The molecule has 2 rings (SSSR count). The smallest absolute Gasteiger partial charge is 0.150 e. The summed E-state index contributed by atoms with van der Waals surface area (Å²) in [6.45, 7) is 4.11. The fourth-order valence-corrected chi connectivity index (χ4v) is 2.62. The topological polar surface area (TPSA) is 58.6 Å². The van der Waals surface area contributed by atoms with E-state index in [1.54, 1.807) is 0 Å². The van der Waals surface area contributed by atoms with Gasteiger partial charge in [0.15, 0.2) is 9.84 Å². The fourth-order valence-electron chi connectivity index (χ4n) is 2.23. The van der Waals surface area contributed by atoms with Crippen molar-refractivity contribution in [2.75, 3.05) is 49.7 Å². The van der Waals surface area contributed by atoms with Gasteiger partial charge in [-0.25, -0.2) is 8.42 Å². The predicted molar refractivity (Wildman–Crippen MR) is 81.3 cm³/mol. The van der Waals surface area contributed by atoms with Crippen LogP contribution in [-0.2, 0) is 9.84 Å². The number of hydrogen-bond donors (Lipinski definition) is 1. The second-order valence-corrected chi connectivity index (χ2v) is 7.30. The van der Waals surface area contributed by atoms with E-state index in [0.29, 0.717) is 0 Å². The second kappa shape index (κ2) is 6.95. The Morgan fingerprint density at radius 2 is 2.05 bits per heavy atom. The average Bonchev–Trinajstić information content (AvgIpc) is 2.66. The molecular formula is C14H22N2O3S. The molecular weight excluding hydrogens is 276 g/mol. The number of benzene rings is 1. The molecule has 1 aromatic rings. The minimum absolute atomic E-state index is 0.0445. The molecule has 0 saturated carbocycles. The maximum absolute atomic E-state index is 11.2. The molecule has 0 atom stereocenters. The van der Waals surface area contributed by atoms with Crippen LogP contribution in [0.1, 0.15) is 6.42 Å². The number of nitrogens with zero attached hydrogens (tertiary/aromatic N) is 1. The summed E-state index contributed by atoms with van der Waals surface area (Å²) >= 11 is 0. The molecule has 1 aliphatic rings. The quantitative estimate of drug-likeness (QED) is 0.875. The first-order chi connectivity index (χ1) is 9.56. The molecule has 0 spiro atoms. The summed E-state index contributed by atoms with van der Waals surface area (Å²) in [6.07, 6.45) is 2.32. The summed E-state index contributed by atoms with van der Waals surface area (Å²) in [6, 6.07) is 7.82. The van der Waals surface area contributed by atoms with Gasteiger partial charge in [-0.1, -0.05) is 12.1 Å². The summed E-state index contributed by atoms with van der Waals surface area (Å²) in [5.74, 6) is 0.807. The lowest BCUT2D eigenvalue weighted by atomic mass is 10.2. The maximum Gasteiger partial charge on any atom is 0.150 e. The highest BCUT2D eigenvalue weighted by Crippen LogP contribution is 2.28.